The van der Waals surface area contributed by atoms with Crippen molar-refractivity contribution in [3.8, 4) is 5.75 Å². The molecule has 0 radical (unpaired) electrons. The van der Waals surface area contributed by atoms with E-state index in [-0.39, 0.29) is 12.4 Å². The number of para-hydroxylation sites is 1. The van der Waals surface area contributed by atoms with Gasteiger partial charge in [-0.05, 0) is 30.7 Å². The largest absolute Gasteiger partial charge is 0.494 e. The standard InChI is InChI=1S/C18H18N4O3/c1-12-8-9-16-19-14(10-17(23)25-3)18(22(16)11-12)21-20-13-6-4-5-7-15(13)24-2/h4-9,11H,10H2,1-3H3. The van der Waals surface area contributed by atoms with Gasteiger partial charge in [-0.1, -0.05) is 18.2 Å². The van der Waals surface area contributed by atoms with Crippen molar-refractivity contribution in [1.82, 2.24) is 9.38 Å². The monoisotopic (exact) mass is 338 g/mol. The van der Waals surface area contributed by atoms with Crippen LogP contribution in [0.25, 0.3) is 5.65 Å². The lowest BCUT2D eigenvalue weighted by Crippen LogP contribution is -2.04. The van der Waals surface area contributed by atoms with E-state index < -0.39 is 0 Å². The Morgan fingerprint density at radius 1 is 1.16 bits per heavy atom. The lowest BCUT2D eigenvalue weighted by Gasteiger charge is -2.03. The molecule has 2 heterocycles. The van der Waals surface area contributed by atoms with Crippen molar-refractivity contribution in [1.29, 1.82) is 0 Å². The summed E-state index contributed by atoms with van der Waals surface area (Å²) in [4.78, 5) is 16.2. The summed E-state index contributed by atoms with van der Waals surface area (Å²) in [5.74, 6) is 0.731. The molecule has 3 rings (SSSR count). The fraction of sp³-hybridized carbons (Fsp3) is 0.222. The maximum atomic E-state index is 11.7. The van der Waals surface area contributed by atoms with E-state index in [2.05, 4.69) is 15.2 Å². The van der Waals surface area contributed by atoms with Crippen LogP contribution in [0, 0.1) is 6.92 Å². The second kappa shape index (κ2) is 7.12. The van der Waals surface area contributed by atoms with E-state index in [1.807, 2.05) is 47.9 Å². The molecule has 0 amide bonds. The van der Waals surface area contributed by atoms with Gasteiger partial charge in [0.15, 0.2) is 5.82 Å². The van der Waals surface area contributed by atoms with Crippen molar-refractivity contribution in [2.75, 3.05) is 14.2 Å². The molecule has 128 valence electrons. The van der Waals surface area contributed by atoms with Crippen molar-refractivity contribution < 1.29 is 14.3 Å². The predicted molar refractivity (Wildman–Crippen MR) is 92.8 cm³/mol. The Labute approximate surface area is 144 Å². The molecule has 7 nitrogen and oxygen atoms in total. The fourth-order valence-corrected chi connectivity index (χ4v) is 2.43. The van der Waals surface area contributed by atoms with Crippen LogP contribution in [0.3, 0.4) is 0 Å². The number of hydrogen-bond donors (Lipinski definition) is 0. The molecule has 0 saturated heterocycles. The summed E-state index contributed by atoms with van der Waals surface area (Å²) in [5, 5.41) is 8.62. The Balaban J connectivity index is 2.09. The minimum absolute atomic E-state index is 0.0253. The van der Waals surface area contributed by atoms with Gasteiger partial charge in [-0.15, -0.1) is 10.2 Å². The second-order valence-corrected chi connectivity index (χ2v) is 5.44. The van der Waals surface area contributed by atoms with Crippen molar-refractivity contribution >= 4 is 23.1 Å². The molecule has 1 aromatic carbocycles. The van der Waals surface area contributed by atoms with Crippen LogP contribution < -0.4 is 4.74 Å². The summed E-state index contributed by atoms with van der Waals surface area (Å²) in [6.07, 6.45) is 1.93. The SMILES string of the molecule is COC(=O)Cc1nc2ccc(C)cn2c1N=Nc1ccccc1OC. The fourth-order valence-electron chi connectivity index (χ4n) is 2.43. The van der Waals surface area contributed by atoms with Crippen molar-refractivity contribution in [2.45, 2.75) is 13.3 Å². The quantitative estimate of drug-likeness (QED) is 0.524. The molecule has 0 saturated carbocycles. The van der Waals surface area contributed by atoms with Crippen molar-refractivity contribution in [3.63, 3.8) is 0 Å². The Morgan fingerprint density at radius 2 is 1.96 bits per heavy atom. The highest BCUT2D eigenvalue weighted by Crippen LogP contribution is 2.30. The van der Waals surface area contributed by atoms with E-state index in [0.29, 0.717) is 28.6 Å². The minimum Gasteiger partial charge on any atom is -0.494 e. The third-order valence-corrected chi connectivity index (χ3v) is 3.69. The van der Waals surface area contributed by atoms with Gasteiger partial charge in [-0.25, -0.2) is 4.98 Å². The molecule has 0 atom stereocenters. The molecule has 25 heavy (non-hydrogen) atoms. The van der Waals surface area contributed by atoms with Crippen LogP contribution in [0.1, 0.15) is 11.3 Å². The van der Waals surface area contributed by atoms with Crippen LogP contribution >= 0.6 is 0 Å². The molecule has 0 N–H and O–H groups in total. The number of rotatable bonds is 5. The molecule has 7 heteroatoms. The van der Waals surface area contributed by atoms with Crippen molar-refractivity contribution in [3.05, 3.63) is 53.9 Å². The van der Waals surface area contributed by atoms with Gasteiger partial charge in [-0.2, -0.15) is 0 Å². The first kappa shape index (κ1) is 16.6. The van der Waals surface area contributed by atoms with E-state index in [9.17, 15) is 4.79 Å². The normalized spacial score (nSPS) is 11.2. The number of aryl methyl sites for hydroxylation is 1. The third-order valence-electron chi connectivity index (χ3n) is 3.69. The molecule has 0 bridgehead atoms. The van der Waals surface area contributed by atoms with Crippen LogP contribution in [0.15, 0.2) is 52.8 Å². The lowest BCUT2D eigenvalue weighted by atomic mass is 10.3. The Kier molecular flexibility index (Phi) is 4.74. The molecule has 0 unspecified atom stereocenters. The molecule has 0 aliphatic heterocycles. The molecule has 0 aliphatic rings. The second-order valence-electron chi connectivity index (χ2n) is 5.44. The zero-order valence-electron chi connectivity index (χ0n) is 14.3. The topological polar surface area (TPSA) is 77.5 Å². The minimum atomic E-state index is -0.381. The summed E-state index contributed by atoms with van der Waals surface area (Å²) in [7, 11) is 2.92. The Bertz CT molecular complexity index is 947. The van der Waals surface area contributed by atoms with E-state index >= 15 is 0 Å². The number of esters is 1. The van der Waals surface area contributed by atoms with E-state index in [1.54, 1.807) is 13.2 Å². The third kappa shape index (κ3) is 3.50. The average Bonchev–Trinajstić information content (AvgIpc) is 2.96. The molecule has 0 aliphatic carbocycles. The van der Waals surface area contributed by atoms with Crippen LogP contribution in [0.4, 0.5) is 11.5 Å². The van der Waals surface area contributed by atoms with Gasteiger partial charge in [0.25, 0.3) is 0 Å². The zero-order chi connectivity index (χ0) is 17.8. The summed E-state index contributed by atoms with van der Waals surface area (Å²) < 4.78 is 11.8. The number of methoxy groups -OCH3 is 2. The van der Waals surface area contributed by atoms with Crippen LogP contribution in [0.5, 0.6) is 5.75 Å². The number of hydrogen-bond acceptors (Lipinski definition) is 6. The number of ether oxygens (including phenoxy) is 2. The highest BCUT2D eigenvalue weighted by molar-refractivity contribution is 5.74. The molecular weight excluding hydrogens is 320 g/mol. The number of imidazole rings is 1. The van der Waals surface area contributed by atoms with Crippen molar-refractivity contribution in [2.24, 2.45) is 10.2 Å². The van der Waals surface area contributed by atoms with Gasteiger partial charge in [0.05, 0.1) is 26.3 Å². The summed E-state index contributed by atoms with van der Waals surface area (Å²) in [6.45, 7) is 1.97. The highest BCUT2D eigenvalue weighted by atomic mass is 16.5. The molecular formula is C18H18N4O3. The van der Waals surface area contributed by atoms with E-state index in [4.69, 9.17) is 9.47 Å². The number of azo groups is 1. The Morgan fingerprint density at radius 3 is 2.72 bits per heavy atom. The first-order valence-electron chi connectivity index (χ1n) is 7.71. The molecule has 2 aromatic heterocycles. The summed E-state index contributed by atoms with van der Waals surface area (Å²) in [6, 6.07) is 11.1. The number of aromatic nitrogens is 2. The van der Waals surface area contributed by atoms with Gasteiger partial charge >= 0.3 is 5.97 Å². The van der Waals surface area contributed by atoms with E-state index in [1.165, 1.54) is 7.11 Å². The average molecular weight is 338 g/mol. The maximum absolute atomic E-state index is 11.7. The van der Waals surface area contributed by atoms with Crippen LogP contribution in [-0.2, 0) is 16.0 Å². The van der Waals surface area contributed by atoms with Gasteiger partial charge in [0.1, 0.15) is 17.1 Å². The van der Waals surface area contributed by atoms with Crippen LogP contribution in [0.2, 0.25) is 0 Å². The first-order chi connectivity index (χ1) is 12.1. The number of pyridine rings is 1. The van der Waals surface area contributed by atoms with Gasteiger partial charge < -0.3 is 9.47 Å². The first-order valence-corrected chi connectivity index (χ1v) is 7.71. The summed E-state index contributed by atoms with van der Waals surface area (Å²) in [5.41, 5.74) is 2.84. The molecule has 0 spiro atoms. The number of fused-ring (bicyclic) bond motifs is 1. The number of carbonyl (C=O) groups is 1. The van der Waals surface area contributed by atoms with Gasteiger partial charge in [0, 0.05) is 6.20 Å². The predicted octanol–water partition coefficient (Wildman–Crippen LogP) is 3.78. The number of carbonyl (C=O) groups excluding carboxylic acids is 1. The molecule has 0 fully saturated rings. The van der Waals surface area contributed by atoms with Gasteiger partial charge in [-0.3, -0.25) is 9.20 Å². The maximum Gasteiger partial charge on any atom is 0.311 e. The number of nitrogens with zero attached hydrogens (tertiary/aromatic N) is 4. The lowest BCUT2D eigenvalue weighted by molar-refractivity contribution is -0.139. The van der Waals surface area contributed by atoms with Crippen LogP contribution in [-0.4, -0.2) is 29.6 Å². The zero-order valence-corrected chi connectivity index (χ0v) is 14.3. The van der Waals surface area contributed by atoms with Gasteiger partial charge in [0.2, 0.25) is 0 Å². The molecule has 3 aromatic rings. The Hall–Kier alpha value is -3.22. The smallest absolute Gasteiger partial charge is 0.311 e. The number of benzene rings is 1. The van der Waals surface area contributed by atoms with E-state index in [0.717, 1.165) is 5.56 Å². The highest BCUT2D eigenvalue weighted by Gasteiger charge is 2.16. The summed E-state index contributed by atoms with van der Waals surface area (Å²) >= 11 is 0.